The molecule has 30 heavy (non-hydrogen) atoms. The van der Waals surface area contributed by atoms with E-state index in [2.05, 4.69) is 35.1 Å². The normalized spacial score (nSPS) is 20.3. The molecule has 0 saturated carbocycles. The van der Waals surface area contributed by atoms with Gasteiger partial charge in [-0.1, -0.05) is 49.2 Å². The first kappa shape index (κ1) is 21.4. The highest BCUT2D eigenvalue weighted by Gasteiger charge is 2.43. The van der Waals surface area contributed by atoms with E-state index in [1.807, 2.05) is 18.2 Å². The Morgan fingerprint density at radius 1 is 1.20 bits per heavy atom. The molecule has 1 atom stereocenters. The summed E-state index contributed by atoms with van der Waals surface area (Å²) in [4.78, 5) is 28.1. The predicted octanol–water partition coefficient (Wildman–Crippen LogP) is 6.92. The minimum atomic E-state index is -0.645. The Morgan fingerprint density at radius 2 is 1.93 bits per heavy atom. The van der Waals surface area contributed by atoms with Gasteiger partial charge in [0.1, 0.15) is 0 Å². The van der Waals surface area contributed by atoms with Crippen molar-refractivity contribution in [2.45, 2.75) is 39.7 Å². The fourth-order valence-electron chi connectivity index (χ4n) is 4.39. The van der Waals surface area contributed by atoms with Crippen molar-refractivity contribution in [3.05, 3.63) is 67.7 Å². The van der Waals surface area contributed by atoms with Crippen molar-refractivity contribution < 1.29 is 9.59 Å². The van der Waals surface area contributed by atoms with Gasteiger partial charge in [-0.25, -0.2) is 0 Å². The summed E-state index contributed by atoms with van der Waals surface area (Å²) in [5.41, 5.74) is 3.34. The van der Waals surface area contributed by atoms with Crippen LogP contribution in [0.2, 0.25) is 10.0 Å². The summed E-state index contributed by atoms with van der Waals surface area (Å²) < 4.78 is 0.816. The van der Waals surface area contributed by atoms with Gasteiger partial charge in [0.25, 0.3) is 0 Å². The Morgan fingerprint density at radius 3 is 2.60 bits per heavy atom. The topological polar surface area (TPSA) is 49.4 Å². The summed E-state index contributed by atoms with van der Waals surface area (Å²) in [7, 11) is 0. The number of benzene rings is 2. The SMILES string of the molecule is CC(=O)N1c2cccc(Br)c2NC2=C(C(=O)CC(C)(C)C2)C1c1ccc(Cl)cc1Cl. The van der Waals surface area contributed by atoms with Gasteiger partial charge >= 0.3 is 0 Å². The summed E-state index contributed by atoms with van der Waals surface area (Å²) in [5.74, 6) is -0.168. The van der Waals surface area contributed by atoms with Gasteiger partial charge in [0, 0.05) is 39.1 Å². The zero-order chi connectivity index (χ0) is 21.8. The van der Waals surface area contributed by atoms with Gasteiger partial charge < -0.3 is 5.32 Å². The van der Waals surface area contributed by atoms with Crippen LogP contribution in [0.1, 0.15) is 45.2 Å². The minimum Gasteiger partial charge on any atom is -0.356 e. The number of rotatable bonds is 1. The molecule has 0 aromatic heterocycles. The number of fused-ring (bicyclic) bond motifs is 1. The fourth-order valence-corrected chi connectivity index (χ4v) is 5.36. The largest absolute Gasteiger partial charge is 0.356 e. The highest BCUT2D eigenvalue weighted by atomic mass is 79.9. The molecular weight excluding hydrogens is 487 g/mol. The Balaban J connectivity index is 2.06. The van der Waals surface area contributed by atoms with Crippen LogP contribution in [0.3, 0.4) is 0 Å². The van der Waals surface area contributed by atoms with Crippen LogP contribution in [-0.4, -0.2) is 11.7 Å². The van der Waals surface area contributed by atoms with Crippen molar-refractivity contribution in [2.24, 2.45) is 5.41 Å². The summed E-state index contributed by atoms with van der Waals surface area (Å²) in [6.45, 7) is 5.66. The van der Waals surface area contributed by atoms with E-state index in [-0.39, 0.29) is 17.1 Å². The Labute approximate surface area is 194 Å². The standard InChI is InChI=1S/C23H21BrCl2N2O2/c1-12(29)28-18-6-4-5-15(24)21(18)27-17-10-23(2,3)11-19(30)20(17)22(28)14-8-7-13(25)9-16(14)26/h4-9,22,27H,10-11H2,1-3H3. The van der Waals surface area contributed by atoms with Gasteiger partial charge in [0.05, 0.1) is 17.4 Å². The number of Topliss-reactive ketones (excluding diaryl/α,β-unsaturated/α-hetero) is 1. The van der Waals surface area contributed by atoms with Crippen LogP contribution in [0.25, 0.3) is 0 Å². The Kier molecular flexibility index (Phi) is 5.50. The number of carbonyl (C=O) groups is 2. The van der Waals surface area contributed by atoms with E-state index in [1.54, 1.807) is 23.1 Å². The predicted molar refractivity (Wildman–Crippen MR) is 125 cm³/mol. The van der Waals surface area contributed by atoms with Crippen molar-refractivity contribution in [1.29, 1.82) is 0 Å². The number of allylic oxidation sites excluding steroid dienone is 1. The molecule has 1 aliphatic carbocycles. The molecule has 0 fully saturated rings. The van der Waals surface area contributed by atoms with Crippen LogP contribution in [0.4, 0.5) is 11.4 Å². The second kappa shape index (κ2) is 7.70. The molecule has 1 N–H and O–H groups in total. The molecule has 0 radical (unpaired) electrons. The first-order valence-electron chi connectivity index (χ1n) is 9.65. The zero-order valence-corrected chi connectivity index (χ0v) is 20.0. The number of halogens is 3. The summed E-state index contributed by atoms with van der Waals surface area (Å²) in [5, 5.41) is 4.40. The zero-order valence-electron chi connectivity index (χ0n) is 16.9. The number of nitrogens with zero attached hydrogens (tertiary/aromatic N) is 1. The van der Waals surface area contributed by atoms with Gasteiger partial charge in [0.2, 0.25) is 5.91 Å². The molecule has 4 nitrogen and oxygen atoms in total. The van der Waals surface area contributed by atoms with Gasteiger partial charge in [-0.15, -0.1) is 0 Å². The van der Waals surface area contributed by atoms with E-state index in [0.29, 0.717) is 39.7 Å². The van der Waals surface area contributed by atoms with Gasteiger partial charge in [0.15, 0.2) is 5.78 Å². The lowest BCUT2D eigenvalue weighted by Crippen LogP contribution is -2.38. The highest BCUT2D eigenvalue weighted by molar-refractivity contribution is 9.10. The second-order valence-electron chi connectivity index (χ2n) is 8.55. The van der Waals surface area contributed by atoms with E-state index in [1.165, 1.54) is 6.92 Å². The van der Waals surface area contributed by atoms with Crippen molar-refractivity contribution >= 4 is 62.2 Å². The molecule has 156 valence electrons. The summed E-state index contributed by atoms with van der Waals surface area (Å²) in [6, 6.07) is 10.2. The Hall–Kier alpha value is -1.82. The average molecular weight is 508 g/mol. The van der Waals surface area contributed by atoms with E-state index < -0.39 is 6.04 Å². The molecule has 1 heterocycles. The number of carbonyl (C=O) groups excluding carboxylic acids is 2. The van der Waals surface area contributed by atoms with Crippen LogP contribution in [0, 0.1) is 5.41 Å². The van der Waals surface area contributed by atoms with Crippen molar-refractivity contribution in [3.8, 4) is 0 Å². The van der Waals surface area contributed by atoms with E-state index in [4.69, 9.17) is 23.2 Å². The van der Waals surface area contributed by atoms with Crippen molar-refractivity contribution in [1.82, 2.24) is 0 Å². The average Bonchev–Trinajstić information content (AvgIpc) is 2.76. The first-order chi connectivity index (χ1) is 14.1. The quantitative estimate of drug-likeness (QED) is 0.455. The maximum Gasteiger partial charge on any atom is 0.224 e. The molecule has 1 unspecified atom stereocenters. The number of amides is 1. The fraction of sp³-hybridized carbons (Fsp3) is 0.304. The molecule has 2 aromatic rings. The molecule has 1 amide bonds. The summed E-state index contributed by atoms with van der Waals surface area (Å²) in [6.07, 6.45) is 1.08. The lowest BCUT2D eigenvalue weighted by molar-refractivity contribution is -0.118. The Bertz CT molecular complexity index is 1110. The molecule has 7 heteroatoms. The number of hydrogen-bond acceptors (Lipinski definition) is 3. The summed E-state index contributed by atoms with van der Waals surface area (Å²) >= 11 is 16.3. The maximum atomic E-state index is 13.4. The number of para-hydroxylation sites is 1. The molecule has 4 rings (SSSR count). The number of hydrogen-bond donors (Lipinski definition) is 1. The smallest absolute Gasteiger partial charge is 0.224 e. The van der Waals surface area contributed by atoms with Gasteiger partial charge in [-0.3, -0.25) is 14.5 Å². The van der Waals surface area contributed by atoms with Gasteiger partial charge in [-0.2, -0.15) is 0 Å². The molecule has 2 aliphatic rings. The molecular formula is C23H21BrCl2N2O2. The lowest BCUT2D eigenvalue weighted by atomic mass is 9.73. The third-order valence-corrected chi connectivity index (χ3v) is 6.80. The van der Waals surface area contributed by atoms with Crippen molar-refractivity contribution in [3.63, 3.8) is 0 Å². The molecule has 1 aliphatic heterocycles. The third kappa shape index (κ3) is 3.68. The molecule has 2 aromatic carbocycles. The van der Waals surface area contributed by atoms with Crippen molar-refractivity contribution in [2.75, 3.05) is 10.2 Å². The van der Waals surface area contributed by atoms with E-state index in [9.17, 15) is 9.59 Å². The number of ketones is 1. The van der Waals surface area contributed by atoms with Gasteiger partial charge in [-0.05, 0) is 57.6 Å². The third-order valence-electron chi connectivity index (χ3n) is 5.57. The first-order valence-corrected chi connectivity index (χ1v) is 11.2. The van der Waals surface area contributed by atoms with E-state index in [0.717, 1.165) is 15.9 Å². The van der Waals surface area contributed by atoms with Crippen LogP contribution in [0.15, 0.2) is 52.1 Å². The monoisotopic (exact) mass is 506 g/mol. The minimum absolute atomic E-state index is 0.0138. The van der Waals surface area contributed by atoms with E-state index >= 15 is 0 Å². The van der Waals surface area contributed by atoms with Crippen LogP contribution in [-0.2, 0) is 9.59 Å². The second-order valence-corrected chi connectivity index (χ2v) is 10.2. The molecule has 0 saturated heterocycles. The van der Waals surface area contributed by atoms with Crippen LogP contribution in [0.5, 0.6) is 0 Å². The number of anilines is 2. The molecule has 0 bridgehead atoms. The van der Waals surface area contributed by atoms with Crippen LogP contribution >= 0.6 is 39.1 Å². The molecule has 0 spiro atoms. The maximum absolute atomic E-state index is 13.4. The number of nitrogens with one attached hydrogen (secondary N) is 1. The lowest BCUT2D eigenvalue weighted by Gasteiger charge is -2.37. The highest BCUT2D eigenvalue weighted by Crippen LogP contribution is 2.50. The van der Waals surface area contributed by atoms with Crippen LogP contribution < -0.4 is 10.2 Å².